The van der Waals surface area contributed by atoms with Crippen LogP contribution in [0.2, 0.25) is 0 Å². The summed E-state index contributed by atoms with van der Waals surface area (Å²) >= 11 is 0. The molecule has 1 aliphatic carbocycles. The highest BCUT2D eigenvalue weighted by atomic mass is 32.2. The van der Waals surface area contributed by atoms with Crippen molar-refractivity contribution < 1.29 is 17.9 Å². The van der Waals surface area contributed by atoms with Crippen LogP contribution in [0.25, 0.3) is 0 Å². The number of hydrogen-bond acceptors (Lipinski definition) is 5. The molecule has 27 heavy (non-hydrogen) atoms. The van der Waals surface area contributed by atoms with Crippen LogP contribution in [0, 0.1) is 0 Å². The summed E-state index contributed by atoms with van der Waals surface area (Å²) in [4.78, 5) is 2.65. The highest BCUT2D eigenvalue weighted by molar-refractivity contribution is 7.89. The van der Waals surface area contributed by atoms with E-state index in [-0.39, 0.29) is 18.2 Å². The lowest BCUT2D eigenvalue weighted by Crippen LogP contribution is -2.58. The fourth-order valence-corrected chi connectivity index (χ4v) is 5.78. The lowest BCUT2D eigenvalue weighted by Gasteiger charge is -2.43. The smallest absolute Gasteiger partial charge is 0.243 e. The Morgan fingerprint density at radius 2 is 1.63 bits per heavy atom. The average Bonchev–Trinajstić information content (AvgIpc) is 3.14. The lowest BCUT2D eigenvalue weighted by molar-refractivity contribution is 0.0496. The molecule has 1 aromatic carbocycles. The predicted octanol–water partition coefficient (Wildman–Crippen LogP) is 2.74. The quantitative estimate of drug-likeness (QED) is 0.709. The molecule has 0 aromatic heterocycles. The van der Waals surface area contributed by atoms with Crippen LogP contribution in [0.1, 0.15) is 39.5 Å². The first-order chi connectivity index (χ1) is 12.9. The molecular formula is C20H32N2O4S. The second-order valence-electron chi connectivity index (χ2n) is 7.75. The standard InChI is InChI=1S/C20H32N2O4S/c1-16-14-21(15-17(2)22(16)12-13-25-3)27(23,24)20-10-8-19(9-11-20)26-18-6-4-5-7-18/h8-11,16-18H,4-7,12-15H2,1-3H3. The van der Waals surface area contributed by atoms with E-state index in [1.807, 2.05) is 0 Å². The second-order valence-corrected chi connectivity index (χ2v) is 9.68. The summed E-state index contributed by atoms with van der Waals surface area (Å²) in [5, 5.41) is 0. The monoisotopic (exact) mass is 396 g/mol. The maximum absolute atomic E-state index is 13.1. The maximum atomic E-state index is 13.1. The number of hydrogen-bond donors (Lipinski definition) is 0. The van der Waals surface area contributed by atoms with Gasteiger partial charge in [0.25, 0.3) is 0 Å². The number of benzene rings is 1. The van der Waals surface area contributed by atoms with Gasteiger partial charge in [0.15, 0.2) is 0 Å². The molecule has 1 saturated heterocycles. The van der Waals surface area contributed by atoms with E-state index < -0.39 is 10.0 Å². The summed E-state index contributed by atoms with van der Waals surface area (Å²) < 4.78 is 38.9. The molecule has 0 amide bonds. The van der Waals surface area contributed by atoms with Gasteiger partial charge in [-0.15, -0.1) is 0 Å². The van der Waals surface area contributed by atoms with Gasteiger partial charge in [0.1, 0.15) is 5.75 Å². The molecule has 3 rings (SSSR count). The fourth-order valence-electron chi connectivity index (χ4n) is 4.18. The minimum atomic E-state index is -3.50. The van der Waals surface area contributed by atoms with Crippen molar-refractivity contribution in [3.8, 4) is 5.75 Å². The van der Waals surface area contributed by atoms with Crippen LogP contribution in [-0.2, 0) is 14.8 Å². The number of methoxy groups -OCH3 is 1. The first-order valence-corrected chi connectivity index (χ1v) is 11.4. The fraction of sp³-hybridized carbons (Fsp3) is 0.700. The SMILES string of the molecule is COCCN1C(C)CN(S(=O)(=O)c2ccc(OC3CCCC3)cc2)CC1C. The van der Waals surface area contributed by atoms with Gasteiger partial charge in [-0.05, 0) is 63.8 Å². The van der Waals surface area contributed by atoms with Crippen LogP contribution in [0.3, 0.4) is 0 Å². The minimum absolute atomic E-state index is 0.156. The molecule has 1 aromatic rings. The Hall–Kier alpha value is -1.15. The molecule has 0 N–H and O–H groups in total. The second kappa shape index (κ2) is 8.90. The minimum Gasteiger partial charge on any atom is -0.490 e. The third-order valence-electron chi connectivity index (χ3n) is 5.69. The van der Waals surface area contributed by atoms with E-state index in [1.54, 1.807) is 35.7 Å². The maximum Gasteiger partial charge on any atom is 0.243 e. The van der Waals surface area contributed by atoms with Crippen LogP contribution in [-0.4, -0.2) is 69.2 Å². The molecule has 1 heterocycles. The van der Waals surface area contributed by atoms with Crippen LogP contribution < -0.4 is 4.74 Å². The summed E-state index contributed by atoms with van der Waals surface area (Å²) in [6.07, 6.45) is 4.87. The van der Waals surface area contributed by atoms with E-state index in [1.165, 1.54) is 12.8 Å². The Kier molecular flexibility index (Phi) is 6.78. The zero-order valence-electron chi connectivity index (χ0n) is 16.6. The van der Waals surface area contributed by atoms with Gasteiger partial charge in [0, 0.05) is 38.8 Å². The van der Waals surface area contributed by atoms with Gasteiger partial charge in [0.05, 0.1) is 17.6 Å². The number of nitrogens with zero attached hydrogens (tertiary/aromatic N) is 2. The molecule has 2 atom stereocenters. The number of rotatable bonds is 7. The molecular weight excluding hydrogens is 364 g/mol. The Morgan fingerprint density at radius 3 is 2.19 bits per heavy atom. The Morgan fingerprint density at radius 1 is 1.04 bits per heavy atom. The molecule has 6 nitrogen and oxygen atoms in total. The topological polar surface area (TPSA) is 59.1 Å². The predicted molar refractivity (Wildman–Crippen MR) is 106 cm³/mol. The molecule has 0 bridgehead atoms. The van der Waals surface area contributed by atoms with Crippen molar-refractivity contribution in [1.82, 2.24) is 9.21 Å². The van der Waals surface area contributed by atoms with E-state index in [9.17, 15) is 8.42 Å². The molecule has 1 saturated carbocycles. The van der Waals surface area contributed by atoms with Crippen LogP contribution in [0.15, 0.2) is 29.2 Å². The van der Waals surface area contributed by atoms with Crippen molar-refractivity contribution in [2.24, 2.45) is 0 Å². The molecule has 0 radical (unpaired) electrons. The highest BCUT2D eigenvalue weighted by Gasteiger charge is 2.35. The van der Waals surface area contributed by atoms with Gasteiger partial charge in [-0.3, -0.25) is 4.90 Å². The molecule has 2 unspecified atom stereocenters. The Balaban J connectivity index is 1.66. The van der Waals surface area contributed by atoms with Gasteiger partial charge < -0.3 is 9.47 Å². The van der Waals surface area contributed by atoms with Crippen molar-refractivity contribution in [3.63, 3.8) is 0 Å². The van der Waals surface area contributed by atoms with Crippen molar-refractivity contribution in [2.75, 3.05) is 33.4 Å². The van der Waals surface area contributed by atoms with E-state index in [0.717, 1.165) is 25.1 Å². The molecule has 0 spiro atoms. The Bertz CT molecular complexity index is 689. The van der Waals surface area contributed by atoms with Gasteiger partial charge in [-0.25, -0.2) is 8.42 Å². The van der Waals surface area contributed by atoms with Crippen molar-refractivity contribution >= 4 is 10.0 Å². The third kappa shape index (κ3) is 4.83. The summed E-state index contributed by atoms with van der Waals surface area (Å²) in [6.45, 7) is 6.62. The van der Waals surface area contributed by atoms with Crippen LogP contribution in [0.5, 0.6) is 5.75 Å². The lowest BCUT2D eigenvalue weighted by atomic mass is 10.1. The molecule has 2 fully saturated rings. The first kappa shape index (κ1) is 20.6. The average molecular weight is 397 g/mol. The van der Waals surface area contributed by atoms with Crippen molar-refractivity contribution in [2.45, 2.75) is 62.6 Å². The molecule has 1 aliphatic heterocycles. The largest absolute Gasteiger partial charge is 0.490 e. The molecule has 2 aliphatic rings. The van der Waals surface area contributed by atoms with Gasteiger partial charge in [0.2, 0.25) is 10.0 Å². The molecule has 152 valence electrons. The zero-order valence-corrected chi connectivity index (χ0v) is 17.5. The van der Waals surface area contributed by atoms with Gasteiger partial charge in [-0.1, -0.05) is 0 Å². The van der Waals surface area contributed by atoms with Gasteiger partial charge in [-0.2, -0.15) is 4.31 Å². The highest BCUT2D eigenvalue weighted by Crippen LogP contribution is 2.27. The summed E-state index contributed by atoms with van der Waals surface area (Å²) in [5.74, 6) is 0.756. The summed E-state index contributed by atoms with van der Waals surface area (Å²) in [7, 11) is -1.81. The summed E-state index contributed by atoms with van der Waals surface area (Å²) in [6, 6.07) is 7.23. The Labute approximate surface area is 163 Å². The van der Waals surface area contributed by atoms with Crippen LogP contribution >= 0.6 is 0 Å². The van der Waals surface area contributed by atoms with E-state index in [0.29, 0.717) is 24.6 Å². The van der Waals surface area contributed by atoms with Crippen molar-refractivity contribution in [1.29, 1.82) is 0 Å². The van der Waals surface area contributed by atoms with Crippen molar-refractivity contribution in [3.05, 3.63) is 24.3 Å². The van der Waals surface area contributed by atoms with Crippen LogP contribution in [0.4, 0.5) is 0 Å². The first-order valence-electron chi connectivity index (χ1n) is 9.93. The van der Waals surface area contributed by atoms with E-state index in [2.05, 4.69) is 18.7 Å². The van der Waals surface area contributed by atoms with Gasteiger partial charge >= 0.3 is 0 Å². The normalized spacial score (nSPS) is 25.7. The molecule has 7 heteroatoms. The zero-order chi connectivity index (χ0) is 19.4. The number of sulfonamides is 1. The third-order valence-corrected chi connectivity index (χ3v) is 7.53. The van der Waals surface area contributed by atoms with E-state index in [4.69, 9.17) is 9.47 Å². The number of piperazine rings is 1. The summed E-state index contributed by atoms with van der Waals surface area (Å²) in [5.41, 5.74) is 0. The number of ether oxygens (including phenoxy) is 2. The van der Waals surface area contributed by atoms with E-state index >= 15 is 0 Å².